The number of benzene rings is 1. The third-order valence-electron chi connectivity index (χ3n) is 6.03. The molecule has 8 heteroatoms. The summed E-state index contributed by atoms with van der Waals surface area (Å²) >= 11 is 3.22. The number of pyridine rings is 1. The van der Waals surface area contributed by atoms with Crippen LogP contribution in [0.15, 0.2) is 64.8 Å². The van der Waals surface area contributed by atoms with Crippen LogP contribution in [0.5, 0.6) is 5.75 Å². The summed E-state index contributed by atoms with van der Waals surface area (Å²) in [7, 11) is 1.64. The van der Waals surface area contributed by atoms with Crippen molar-refractivity contribution in [1.82, 2.24) is 18.9 Å². The molecule has 6 nitrogen and oxygen atoms in total. The van der Waals surface area contributed by atoms with E-state index >= 15 is 0 Å². The largest absolute Gasteiger partial charge is 0.497 e. The lowest BCUT2D eigenvalue weighted by Gasteiger charge is -2.14. The third-order valence-corrected chi connectivity index (χ3v) is 8.19. The van der Waals surface area contributed by atoms with Crippen molar-refractivity contribution in [3.8, 4) is 11.4 Å². The van der Waals surface area contributed by atoms with Gasteiger partial charge in [-0.3, -0.25) is 9.36 Å². The Kier molecular flexibility index (Phi) is 5.19. The predicted molar refractivity (Wildman–Crippen MR) is 133 cm³/mol. The minimum atomic E-state index is 0.00477. The number of hydrogen-bond acceptors (Lipinski definition) is 6. The van der Waals surface area contributed by atoms with Crippen LogP contribution >= 0.6 is 23.1 Å². The maximum atomic E-state index is 13.9. The summed E-state index contributed by atoms with van der Waals surface area (Å²) < 4.78 is 9.18. The molecule has 0 bridgehead atoms. The van der Waals surface area contributed by atoms with Crippen LogP contribution in [0.25, 0.3) is 21.6 Å². The quantitative estimate of drug-likeness (QED) is 0.256. The summed E-state index contributed by atoms with van der Waals surface area (Å²) in [4.78, 5) is 25.8. The zero-order valence-corrected chi connectivity index (χ0v) is 19.8. The second kappa shape index (κ2) is 8.35. The van der Waals surface area contributed by atoms with Crippen molar-refractivity contribution in [3.05, 3.63) is 81.3 Å². The van der Waals surface area contributed by atoms with Gasteiger partial charge in [-0.25, -0.2) is 9.97 Å². The summed E-state index contributed by atoms with van der Waals surface area (Å²) in [6.45, 7) is 0. The molecule has 1 aliphatic carbocycles. The van der Waals surface area contributed by atoms with Gasteiger partial charge in [-0.15, -0.1) is 11.3 Å². The molecule has 33 heavy (non-hydrogen) atoms. The Bertz CT molecular complexity index is 1520. The number of rotatable bonds is 5. The molecule has 1 aromatic carbocycles. The second-order valence-electron chi connectivity index (χ2n) is 8.11. The van der Waals surface area contributed by atoms with Crippen molar-refractivity contribution in [3.63, 3.8) is 0 Å². The average molecular weight is 475 g/mol. The van der Waals surface area contributed by atoms with Crippen molar-refractivity contribution >= 4 is 39.0 Å². The number of aryl methyl sites for hydroxylation is 2. The normalized spacial score (nSPS) is 13.5. The fourth-order valence-corrected chi connectivity index (χ4v) is 6.65. The van der Waals surface area contributed by atoms with Gasteiger partial charge in [-0.2, -0.15) is 0 Å². The fourth-order valence-electron chi connectivity index (χ4n) is 4.46. The molecule has 0 amide bonds. The lowest BCUT2D eigenvalue weighted by Crippen LogP contribution is -2.22. The molecular formula is C25H22N4O2S2. The Balaban J connectivity index is 1.49. The lowest BCUT2D eigenvalue weighted by molar-refractivity contribution is 0.414. The zero-order chi connectivity index (χ0) is 22.4. The Morgan fingerprint density at radius 2 is 2.03 bits per heavy atom. The van der Waals surface area contributed by atoms with Crippen LogP contribution in [0, 0.1) is 0 Å². The number of hydrogen-bond donors (Lipinski definition) is 0. The maximum Gasteiger partial charge on any atom is 0.267 e. The minimum absolute atomic E-state index is 0.00477. The zero-order valence-electron chi connectivity index (χ0n) is 18.2. The van der Waals surface area contributed by atoms with Crippen LogP contribution in [0.4, 0.5) is 0 Å². The summed E-state index contributed by atoms with van der Waals surface area (Å²) in [5, 5.41) is 1.46. The van der Waals surface area contributed by atoms with E-state index in [1.807, 2.05) is 59.3 Å². The first-order valence-corrected chi connectivity index (χ1v) is 12.8. The van der Waals surface area contributed by atoms with Gasteiger partial charge in [0.05, 0.1) is 23.9 Å². The topological polar surface area (TPSA) is 61.4 Å². The van der Waals surface area contributed by atoms with Crippen LogP contribution in [0.1, 0.15) is 29.0 Å². The molecule has 4 heterocycles. The molecule has 0 unspecified atom stereocenters. The molecule has 6 rings (SSSR count). The van der Waals surface area contributed by atoms with Crippen LogP contribution in [0.3, 0.4) is 0 Å². The van der Waals surface area contributed by atoms with E-state index in [1.165, 1.54) is 16.9 Å². The highest BCUT2D eigenvalue weighted by atomic mass is 32.2. The van der Waals surface area contributed by atoms with Gasteiger partial charge < -0.3 is 9.14 Å². The van der Waals surface area contributed by atoms with Gasteiger partial charge in [0.15, 0.2) is 5.16 Å². The molecule has 0 saturated carbocycles. The molecule has 0 saturated heterocycles. The molecular weight excluding hydrogens is 452 g/mol. The Hall–Kier alpha value is -3.10. The van der Waals surface area contributed by atoms with Crippen molar-refractivity contribution in [2.45, 2.75) is 36.6 Å². The number of thiophene rings is 1. The number of fused-ring (bicyclic) bond motifs is 4. The van der Waals surface area contributed by atoms with E-state index in [4.69, 9.17) is 14.7 Å². The SMILES string of the molecule is COc1cccc(-n2c(SCc3cn4ccccc4n3)nc3sc4c(c3c2=O)CCCC4)c1. The number of aromatic nitrogens is 4. The molecule has 0 N–H and O–H groups in total. The predicted octanol–water partition coefficient (Wildman–Crippen LogP) is 5.27. The second-order valence-corrected chi connectivity index (χ2v) is 10.1. The van der Waals surface area contributed by atoms with Gasteiger partial charge in [0.2, 0.25) is 0 Å². The van der Waals surface area contributed by atoms with Gasteiger partial charge in [-0.05, 0) is 55.5 Å². The molecule has 166 valence electrons. The number of methoxy groups -OCH3 is 1. The molecule has 5 aromatic rings. The number of nitrogens with zero attached hydrogens (tertiary/aromatic N) is 4. The molecule has 0 atom stereocenters. The molecule has 0 aliphatic heterocycles. The van der Waals surface area contributed by atoms with Crippen molar-refractivity contribution in [2.75, 3.05) is 7.11 Å². The van der Waals surface area contributed by atoms with E-state index in [-0.39, 0.29) is 5.56 Å². The summed E-state index contributed by atoms with van der Waals surface area (Å²) in [6, 6.07) is 13.6. The molecule has 4 aromatic heterocycles. The van der Waals surface area contributed by atoms with Crippen LogP contribution in [-0.4, -0.2) is 26.0 Å². The number of imidazole rings is 1. The first-order valence-electron chi connectivity index (χ1n) is 11.0. The third kappa shape index (κ3) is 3.63. The van der Waals surface area contributed by atoms with E-state index in [2.05, 4.69) is 0 Å². The summed E-state index contributed by atoms with van der Waals surface area (Å²) in [5.41, 5.74) is 3.83. The lowest BCUT2D eigenvalue weighted by atomic mass is 9.97. The van der Waals surface area contributed by atoms with E-state index in [1.54, 1.807) is 34.8 Å². The summed E-state index contributed by atoms with van der Waals surface area (Å²) in [5.74, 6) is 1.33. The van der Waals surface area contributed by atoms with Crippen LogP contribution in [-0.2, 0) is 18.6 Å². The summed E-state index contributed by atoms with van der Waals surface area (Å²) in [6.07, 6.45) is 8.32. The minimum Gasteiger partial charge on any atom is -0.497 e. The monoisotopic (exact) mass is 474 g/mol. The van der Waals surface area contributed by atoms with Gasteiger partial charge in [0.1, 0.15) is 16.2 Å². The standard InChI is InChI=1S/C25H22N4O2S2/c1-31-18-8-6-7-17(13-18)29-24(30)22-19-9-2-3-10-20(19)33-23(22)27-25(29)32-15-16-14-28-12-5-4-11-21(28)26-16/h4-8,11-14H,2-3,9-10,15H2,1H3. The Labute approximate surface area is 198 Å². The average Bonchev–Trinajstić information content (AvgIpc) is 3.43. The fraction of sp³-hybridized carbons (Fsp3) is 0.240. The van der Waals surface area contributed by atoms with E-state index in [0.29, 0.717) is 16.7 Å². The Morgan fingerprint density at radius 3 is 2.91 bits per heavy atom. The van der Waals surface area contributed by atoms with Gasteiger partial charge in [0.25, 0.3) is 5.56 Å². The molecule has 0 fully saturated rings. The van der Waals surface area contributed by atoms with Crippen molar-refractivity contribution in [1.29, 1.82) is 0 Å². The smallest absolute Gasteiger partial charge is 0.267 e. The Morgan fingerprint density at radius 1 is 1.12 bits per heavy atom. The van der Waals surface area contributed by atoms with E-state index in [9.17, 15) is 4.79 Å². The highest BCUT2D eigenvalue weighted by Crippen LogP contribution is 2.35. The highest BCUT2D eigenvalue weighted by molar-refractivity contribution is 7.98. The number of ether oxygens (including phenoxy) is 1. The van der Waals surface area contributed by atoms with Crippen molar-refractivity contribution in [2.24, 2.45) is 0 Å². The first kappa shape index (κ1) is 20.5. The van der Waals surface area contributed by atoms with Gasteiger partial charge >= 0.3 is 0 Å². The van der Waals surface area contributed by atoms with Crippen LogP contribution < -0.4 is 10.3 Å². The number of thioether (sulfide) groups is 1. The highest BCUT2D eigenvalue weighted by Gasteiger charge is 2.23. The maximum absolute atomic E-state index is 13.9. The first-order chi connectivity index (χ1) is 16.2. The van der Waals surface area contributed by atoms with E-state index in [0.717, 1.165) is 46.5 Å². The van der Waals surface area contributed by atoms with Crippen LogP contribution in [0.2, 0.25) is 0 Å². The molecule has 0 radical (unpaired) electrons. The van der Waals surface area contributed by atoms with E-state index < -0.39 is 0 Å². The van der Waals surface area contributed by atoms with Gasteiger partial charge in [0, 0.05) is 29.1 Å². The molecule has 0 spiro atoms. The van der Waals surface area contributed by atoms with Gasteiger partial charge in [-0.1, -0.05) is 23.9 Å². The molecule has 1 aliphatic rings. The van der Waals surface area contributed by atoms with Crippen molar-refractivity contribution < 1.29 is 4.74 Å².